The largest absolute Gasteiger partial charge is 0.467 e. The number of hydrogen-bond donors (Lipinski definition) is 1. The maximum atomic E-state index is 13.3. The second-order valence-electron chi connectivity index (χ2n) is 9.66. The Morgan fingerprint density at radius 1 is 1.06 bits per heavy atom. The molecule has 2 aromatic heterocycles. The number of nitrogens with one attached hydrogen (secondary N) is 1. The summed E-state index contributed by atoms with van der Waals surface area (Å²) in [5.41, 5.74) is 3.01. The fourth-order valence-corrected chi connectivity index (χ4v) is 4.17. The van der Waals surface area contributed by atoms with Crippen LogP contribution in [-0.2, 0) is 16.8 Å². The first-order valence-electron chi connectivity index (χ1n) is 11.7. The number of furan rings is 1. The monoisotopic (exact) mass is 548 g/mol. The molecule has 4 aromatic rings. The van der Waals surface area contributed by atoms with E-state index in [9.17, 15) is 9.59 Å². The average molecular weight is 549 g/mol. The first-order chi connectivity index (χ1) is 17.1. The number of halogens is 1. The number of carbonyl (C=O) groups is 2. The Labute approximate surface area is 219 Å². The summed E-state index contributed by atoms with van der Waals surface area (Å²) in [6, 6.07) is 20.4. The molecule has 2 amide bonds. The lowest BCUT2D eigenvalue weighted by atomic mass is 9.92. The summed E-state index contributed by atoms with van der Waals surface area (Å²) in [4.78, 5) is 28.1. The van der Waals surface area contributed by atoms with Gasteiger partial charge in [-0.05, 0) is 48.9 Å². The van der Waals surface area contributed by atoms with Gasteiger partial charge in [-0.2, -0.15) is 5.10 Å². The zero-order chi connectivity index (χ0) is 25.9. The van der Waals surface area contributed by atoms with Gasteiger partial charge in [-0.3, -0.25) is 9.59 Å². The van der Waals surface area contributed by atoms with Crippen molar-refractivity contribution in [2.45, 2.75) is 39.7 Å². The topological polar surface area (TPSA) is 80.4 Å². The van der Waals surface area contributed by atoms with E-state index in [2.05, 4.69) is 42.0 Å². The lowest BCUT2D eigenvalue weighted by Gasteiger charge is -2.21. The Bertz CT molecular complexity index is 1370. The van der Waals surface area contributed by atoms with Gasteiger partial charge in [0.1, 0.15) is 18.1 Å². The average Bonchev–Trinajstić information content (AvgIpc) is 3.48. The molecule has 0 atom stereocenters. The lowest BCUT2D eigenvalue weighted by molar-refractivity contribution is -0.117. The molecule has 0 radical (unpaired) electrons. The summed E-state index contributed by atoms with van der Waals surface area (Å²) in [5.74, 6) is 0.531. The Kier molecular flexibility index (Phi) is 7.45. The molecule has 186 valence electrons. The van der Waals surface area contributed by atoms with Crippen LogP contribution in [0.25, 0.3) is 5.69 Å². The van der Waals surface area contributed by atoms with E-state index in [1.54, 1.807) is 41.3 Å². The summed E-state index contributed by atoms with van der Waals surface area (Å²) < 4.78 is 7.99. The zero-order valence-corrected chi connectivity index (χ0v) is 22.4. The third kappa shape index (κ3) is 5.94. The van der Waals surface area contributed by atoms with E-state index < -0.39 is 0 Å². The van der Waals surface area contributed by atoms with Crippen LogP contribution in [0.1, 0.15) is 48.1 Å². The van der Waals surface area contributed by atoms with E-state index in [0.717, 1.165) is 21.4 Å². The minimum atomic E-state index is -0.333. The van der Waals surface area contributed by atoms with Gasteiger partial charge in [0.2, 0.25) is 5.91 Å². The van der Waals surface area contributed by atoms with Crippen LogP contribution in [-0.4, -0.2) is 33.0 Å². The number of para-hydroxylation sites is 1. The Hall–Kier alpha value is -3.65. The maximum absolute atomic E-state index is 13.3. The van der Waals surface area contributed by atoms with Gasteiger partial charge in [-0.15, -0.1) is 0 Å². The van der Waals surface area contributed by atoms with Crippen LogP contribution in [0.5, 0.6) is 0 Å². The number of rotatable bonds is 7. The van der Waals surface area contributed by atoms with E-state index in [1.807, 2.05) is 43.3 Å². The molecule has 36 heavy (non-hydrogen) atoms. The molecule has 0 spiro atoms. The van der Waals surface area contributed by atoms with Crippen LogP contribution in [0.4, 0.5) is 5.82 Å². The predicted molar refractivity (Wildman–Crippen MR) is 143 cm³/mol. The number of amides is 2. The summed E-state index contributed by atoms with van der Waals surface area (Å²) >= 11 is 3.41. The quantitative estimate of drug-likeness (QED) is 0.302. The number of aromatic nitrogens is 2. The van der Waals surface area contributed by atoms with Gasteiger partial charge in [0.15, 0.2) is 0 Å². The van der Waals surface area contributed by atoms with Crippen molar-refractivity contribution in [2.24, 2.45) is 0 Å². The van der Waals surface area contributed by atoms with Crippen LogP contribution in [0.15, 0.2) is 81.9 Å². The lowest BCUT2D eigenvalue weighted by Crippen LogP contribution is -2.37. The first kappa shape index (κ1) is 25.4. The van der Waals surface area contributed by atoms with Gasteiger partial charge in [-0.1, -0.05) is 61.0 Å². The van der Waals surface area contributed by atoms with E-state index in [4.69, 9.17) is 9.52 Å². The van der Waals surface area contributed by atoms with Crippen LogP contribution in [0.2, 0.25) is 0 Å². The summed E-state index contributed by atoms with van der Waals surface area (Å²) in [6.45, 7) is 8.23. The Morgan fingerprint density at radius 3 is 2.50 bits per heavy atom. The molecular formula is C28H29BrN4O3. The van der Waals surface area contributed by atoms with Crippen LogP contribution in [0, 0.1) is 6.92 Å². The Balaban J connectivity index is 1.62. The molecule has 0 aliphatic rings. The Morgan fingerprint density at radius 2 is 1.83 bits per heavy atom. The highest BCUT2D eigenvalue weighted by molar-refractivity contribution is 9.10. The van der Waals surface area contributed by atoms with E-state index in [1.165, 1.54) is 4.90 Å². The van der Waals surface area contributed by atoms with Crippen molar-refractivity contribution in [3.8, 4) is 5.69 Å². The molecule has 2 heterocycles. The SMILES string of the molecule is Cc1ccccc1-n1nc(C(C)(C)C)cc1NC(=O)CN(Cc1ccco1)C(=O)c1cccc(Br)c1. The second kappa shape index (κ2) is 10.5. The van der Waals surface area contributed by atoms with Crippen molar-refractivity contribution >= 4 is 33.6 Å². The number of anilines is 1. The first-order valence-corrected chi connectivity index (χ1v) is 12.4. The summed E-state index contributed by atoms with van der Waals surface area (Å²) in [7, 11) is 0. The highest BCUT2D eigenvalue weighted by Gasteiger charge is 2.24. The van der Waals surface area contributed by atoms with Gasteiger partial charge in [0.05, 0.1) is 24.2 Å². The molecule has 1 N–H and O–H groups in total. The maximum Gasteiger partial charge on any atom is 0.254 e. The molecule has 0 saturated carbocycles. The number of carbonyl (C=O) groups excluding carboxylic acids is 2. The highest BCUT2D eigenvalue weighted by atomic mass is 79.9. The molecule has 0 saturated heterocycles. The molecule has 2 aromatic carbocycles. The summed E-state index contributed by atoms with van der Waals surface area (Å²) in [6.07, 6.45) is 1.55. The molecule has 0 aliphatic carbocycles. The van der Waals surface area contributed by atoms with E-state index in [0.29, 0.717) is 17.1 Å². The third-order valence-corrected chi connectivity index (χ3v) is 6.20. The van der Waals surface area contributed by atoms with Crippen molar-refractivity contribution in [1.82, 2.24) is 14.7 Å². The minimum Gasteiger partial charge on any atom is -0.467 e. The number of hydrogen-bond acceptors (Lipinski definition) is 4. The van der Waals surface area contributed by atoms with Gasteiger partial charge in [0, 0.05) is 21.5 Å². The zero-order valence-electron chi connectivity index (χ0n) is 20.8. The highest BCUT2D eigenvalue weighted by Crippen LogP contribution is 2.27. The van der Waals surface area contributed by atoms with Crippen molar-refractivity contribution in [3.05, 3.63) is 100 Å². The van der Waals surface area contributed by atoms with E-state index in [-0.39, 0.29) is 30.3 Å². The molecule has 4 rings (SSSR count). The van der Waals surface area contributed by atoms with Gasteiger partial charge in [-0.25, -0.2) is 4.68 Å². The predicted octanol–water partition coefficient (Wildman–Crippen LogP) is 6.11. The van der Waals surface area contributed by atoms with Crippen molar-refractivity contribution in [2.75, 3.05) is 11.9 Å². The standard InChI is InChI=1S/C28H29BrN4O3/c1-19-9-5-6-13-23(19)33-25(16-24(31-33)28(2,3)4)30-26(34)18-32(17-22-12-8-14-36-22)27(35)20-10-7-11-21(29)15-20/h5-16H,17-18H2,1-4H3,(H,30,34). The molecular weight excluding hydrogens is 520 g/mol. The normalized spacial score (nSPS) is 11.4. The fraction of sp³-hybridized carbons (Fsp3) is 0.250. The van der Waals surface area contributed by atoms with Crippen LogP contribution in [0.3, 0.4) is 0 Å². The molecule has 0 fully saturated rings. The minimum absolute atomic E-state index is 0.157. The fourth-order valence-electron chi connectivity index (χ4n) is 3.77. The third-order valence-electron chi connectivity index (χ3n) is 5.71. The van der Waals surface area contributed by atoms with Crippen molar-refractivity contribution in [1.29, 1.82) is 0 Å². The van der Waals surface area contributed by atoms with Gasteiger partial charge in [0.25, 0.3) is 5.91 Å². The molecule has 8 heteroatoms. The van der Waals surface area contributed by atoms with Crippen molar-refractivity contribution < 1.29 is 14.0 Å². The molecule has 0 aliphatic heterocycles. The second-order valence-corrected chi connectivity index (χ2v) is 10.6. The number of nitrogens with zero attached hydrogens (tertiary/aromatic N) is 3. The smallest absolute Gasteiger partial charge is 0.254 e. The van der Waals surface area contributed by atoms with Crippen LogP contribution >= 0.6 is 15.9 Å². The number of aryl methyl sites for hydroxylation is 1. The van der Waals surface area contributed by atoms with Crippen molar-refractivity contribution in [3.63, 3.8) is 0 Å². The van der Waals surface area contributed by atoms with Gasteiger partial charge >= 0.3 is 0 Å². The van der Waals surface area contributed by atoms with E-state index >= 15 is 0 Å². The van der Waals surface area contributed by atoms with Gasteiger partial charge < -0.3 is 14.6 Å². The van der Waals surface area contributed by atoms with Crippen LogP contribution < -0.4 is 5.32 Å². The summed E-state index contributed by atoms with van der Waals surface area (Å²) in [5, 5.41) is 7.78. The molecule has 0 unspecified atom stereocenters. The molecule has 7 nitrogen and oxygen atoms in total. The number of benzene rings is 2. The molecule has 0 bridgehead atoms.